The van der Waals surface area contributed by atoms with Crippen molar-refractivity contribution in [2.24, 2.45) is 5.92 Å². The van der Waals surface area contributed by atoms with E-state index in [-0.39, 0.29) is 5.91 Å². The summed E-state index contributed by atoms with van der Waals surface area (Å²) in [7, 11) is 0. The van der Waals surface area contributed by atoms with E-state index in [1.807, 2.05) is 6.07 Å². The van der Waals surface area contributed by atoms with Crippen LogP contribution in [0.25, 0.3) is 10.8 Å². The molecule has 0 saturated carbocycles. The van der Waals surface area contributed by atoms with Crippen LogP contribution in [-0.4, -0.2) is 12.5 Å². The lowest BCUT2D eigenvalue weighted by Gasteiger charge is -2.15. The molecule has 0 fully saturated rings. The first-order chi connectivity index (χ1) is 12.0. The van der Waals surface area contributed by atoms with Crippen molar-refractivity contribution in [3.05, 3.63) is 81.3 Å². The molecule has 1 atom stereocenters. The van der Waals surface area contributed by atoms with Crippen molar-refractivity contribution in [2.75, 3.05) is 6.54 Å². The molecule has 0 heterocycles. The Balaban J connectivity index is 1.65. The lowest BCUT2D eigenvalue weighted by atomic mass is 9.96. The van der Waals surface area contributed by atoms with E-state index >= 15 is 0 Å². The van der Waals surface area contributed by atoms with Crippen LogP contribution in [0, 0.1) is 5.92 Å². The molecule has 0 bridgehead atoms. The van der Waals surface area contributed by atoms with Crippen LogP contribution in [0.15, 0.2) is 65.1 Å². The molecule has 0 aromatic heterocycles. The zero-order chi connectivity index (χ0) is 17.8. The van der Waals surface area contributed by atoms with Gasteiger partial charge >= 0.3 is 0 Å². The normalized spacial score (nSPS) is 12.1. The molecule has 1 N–H and O–H groups in total. The maximum Gasteiger partial charge on any atom is 0.252 e. The highest BCUT2D eigenvalue weighted by atomic mass is 79.9. The standard InChI is InChI=1S/C21H19BrClNO/c1-14(11-16-7-4-6-15-5-2-3-8-18(15)16)13-24-21(25)19-12-17(22)9-10-20(19)23/h2-10,12,14H,11,13H2,1H3,(H,24,25)/t14-/m0/s1. The van der Waals surface area contributed by atoms with Gasteiger partial charge in [0.25, 0.3) is 5.91 Å². The molecule has 0 aliphatic rings. The Hall–Kier alpha value is -1.84. The van der Waals surface area contributed by atoms with Crippen LogP contribution >= 0.6 is 27.5 Å². The third kappa shape index (κ3) is 4.42. The minimum absolute atomic E-state index is 0.143. The van der Waals surface area contributed by atoms with Crippen molar-refractivity contribution in [1.82, 2.24) is 5.32 Å². The molecule has 3 rings (SSSR count). The van der Waals surface area contributed by atoms with E-state index < -0.39 is 0 Å². The summed E-state index contributed by atoms with van der Waals surface area (Å²) in [5.74, 6) is 0.178. The molecule has 1 amide bonds. The molecule has 0 spiro atoms. The number of halogens is 2. The number of nitrogens with one attached hydrogen (secondary N) is 1. The van der Waals surface area contributed by atoms with E-state index in [2.05, 4.69) is 70.6 Å². The predicted octanol–water partition coefficient (Wildman–Crippen LogP) is 5.86. The number of carbonyl (C=O) groups is 1. The highest BCUT2D eigenvalue weighted by Gasteiger charge is 2.13. The fourth-order valence-corrected chi connectivity index (χ4v) is 3.52. The van der Waals surface area contributed by atoms with Gasteiger partial charge in [0, 0.05) is 11.0 Å². The second kappa shape index (κ2) is 8.03. The first-order valence-corrected chi connectivity index (χ1v) is 9.41. The quantitative estimate of drug-likeness (QED) is 0.554. The maximum absolute atomic E-state index is 12.4. The summed E-state index contributed by atoms with van der Waals surface area (Å²) in [5, 5.41) is 5.97. The van der Waals surface area contributed by atoms with Crippen molar-refractivity contribution in [1.29, 1.82) is 0 Å². The first-order valence-electron chi connectivity index (χ1n) is 8.24. The van der Waals surface area contributed by atoms with Crippen molar-refractivity contribution in [2.45, 2.75) is 13.3 Å². The van der Waals surface area contributed by atoms with E-state index in [1.54, 1.807) is 12.1 Å². The molecule has 3 aromatic rings. The van der Waals surface area contributed by atoms with Gasteiger partial charge in [-0.15, -0.1) is 0 Å². The van der Waals surface area contributed by atoms with Gasteiger partial charge in [0.15, 0.2) is 0 Å². The average Bonchev–Trinajstić information content (AvgIpc) is 2.62. The molecular weight excluding hydrogens is 398 g/mol. The molecule has 4 heteroatoms. The Bertz CT molecular complexity index is 904. The molecule has 0 unspecified atom stereocenters. The number of amides is 1. The number of rotatable bonds is 5. The highest BCUT2D eigenvalue weighted by Crippen LogP contribution is 2.22. The van der Waals surface area contributed by atoms with E-state index in [0.29, 0.717) is 23.0 Å². The Labute approximate surface area is 161 Å². The summed E-state index contributed by atoms with van der Waals surface area (Å²) in [4.78, 5) is 12.4. The zero-order valence-corrected chi connectivity index (χ0v) is 16.3. The van der Waals surface area contributed by atoms with Gasteiger partial charge in [0.05, 0.1) is 10.6 Å². The minimum Gasteiger partial charge on any atom is -0.352 e. The first kappa shape index (κ1) is 18.0. The van der Waals surface area contributed by atoms with E-state index in [4.69, 9.17) is 11.6 Å². The lowest BCUT2D eigenvalue weighted by molar-refractivity contribution is 0.0948. The fourth-order valence-electron chi connectivity index (χ4n) is 2.95. The Morgan fingerprint density at radius 3 is 2.72 bits per heavy atom. The molecule has 3 aromatic carbocycles. The van der Waals surface area contributed by atoms with Gasteiger partial charge in [0.1, 0.15) is 0 Å². The van der Waals surface area contributed by atoms with Crippen LogP contribution in [0.1, 0.15) is 22.8 Å². The van der Waals surface area contributed by atoms with Crippen LogP contribution in [0.2, 0.25) is 5.02 Å². The average molecular weight is 417 g/mol. The topological polar surface area (TPSA) is 29.1 Å². The largest absolute Gasteiger partial charge is 0.352 e. The van der Waals surface area contributed by atoms with Crippen molar-refractivity contribution in [3.8, 4) is 0 Å². The predicted molar refractivity (Wildman–Crippen MR) is 108 cm³/mol. The summed E-state index contributed by atoms with van der Waals surface area (Å²) in [6, 6.07) is 20.1. The highest BCUT2D eigenvalue weighted by molar-refractivity contribution is 9.10. The molecule has 0 radical (unpaired) electrons. The van der Waals surface area contributed by atoms with Crippen LogP contribution in [0.3, 0.4) is 0 Å². The van der Waals surface area contributed by atoms with E-state index in [0.717, 1.165) is 10.9 Å². The summed E-state index contributed by atoms with van der Waals surface area (Å²) in [6.45, 7) is 2.75. The molecule has 0 aliphatic heterocycles. The summed E-state index contributed by atoms with van der Waals surface area (Å²) in [5.41, 5.74) is 1.80. The maximum atomic E-state index is 12.4. The Morgan fingerprint density at radius 2 is 1.88 bits per heavy atom. The van der Waals surface area contributed by atoms with Crippen LogP contribution < -0.4 is 5.32 Å². The van der Waals surface area contributed by atoms with Gasteiger partial charge in [-0.2, -0.15) is 0 Å². The number of fused-ring (bicyclic) bond motifs is 1. The van der Waals surface area contributed by atoms with Gasteiger partial charge in [-0.1, -0.05) is 76.9 Å². The fraction of sp³-hybridized carbons (Fsp3) is 0.190. The van der Waals surface area contributed by atoms with E-state index in [9.17, 15) is 4.79 Å². The lowest BCUT2D eigenvalue weighted by Crippen LogP contribution is -2.29. The van der Waals surface area contributed by atoms with Crippen LogP contribution in [0.4, 0.5) is 0 Å². The van der Waals surface area contributed by atoms with Gasteiger partial charge in [-0.05, 0) is 46.9 Å². The number of hydrogen-bond donors (Lipinski definition) is 1. The molecule has 25 heavy (non-hydrogen) atoms. The van der Waals surface area contributed by atoms with Gasteiger partial charge < -0.3 is 5.32 Å². The molecule has 128 valence electrons. The third-order valence-corrected chi connectivity index (χ3v) is 5.06. The van der Waals surface area contributed by atoms with Crippen molar-refractivity contribution >= 4 is 44.2 Å². The SMILES string of the molecule is C[C@H](CNC(=O)c1cc(Br)ccc1Cl)Cc1cccc2ccccc12. The summed E-state index contributed by atoms with van der Waals surface area (Å²) < 4.78 is 0.839. The summed E-state index contributed by atoms with van der Waals surface area (Å²) >= 11 is 9.49. The monoisotopic (exact) mass is 415 g/mol. The summed E-state index contributed by atoms with van der Waals surface area (Å²) in [6.07, 6.45) is 0.911. The van der Waals surface area contributed by atoms with Gasteiger partial charge in [0.2, 0.25) is 0 Å². The second-order valence-electron chi connectivity index (χ2n) is 6.28. The zero-order valence-electron chi connectivity index (χ0n) is 13.9. The van der Waals surface area contributed by atoms with Crippen molar-refractivity contribution < 1.29 is 4.79 Å². The van der Waals surface area contributed by atoms with Gasteiger partial charge in [-0.25, -0.2) is 0 Å². The molecular formula is C21H19BrClNO. The smallest absolute Gasteiger partial charge is 0.252 e. The molecule has 0 saturated heterocycles. The second-order valence-corrected chi connectivity index (χ2v) is 7.60. The molecule has 2 nitrogen and oxygen atoms in total. The van der Waals surface area contributed by atoms with Gasteiger partial charge in [-0.3, -0.25) is 4.79 Å². The molecule has 0 aliphatic carbocycles. The number of benzene rings is 3. The Kier molecular flexibility index (Phi) is 5.77. The van der Waals surface area contributed by atoms with E-state index in [1.165, 1.54) is 16.3 Å². The number of carbonyl (C=O) groups excluding carboxylic acids is 1. The van der Waals surface area contributed by atoms with Crippen molar-refractivity contribution in [3.63, 3.8) is 0 Å². The number of hydrogen-bond acceptors (Lipinski definition) is 1. The van der Waals surface area contributed by atoms with Crippen LogP contribution in [-0.2, 0) is 6.42 Å². The Morgan fingerprint density at radius 1 is 1.12 bits per heavy atom. The van der Waals surface area contributed by atoms with Crippen LogP contribution in [0.5, 0.6) is 0 Å². The minimum atomic E-state index is -0.143. The third-order valence-electron chi connectivity index (χ3n) is 4.23.